The van der Waals surface area contributed by atoms with Gasteiger partial charge in [-0.1, -0.05) is 0 Å². The van der Waals surface area contributed by atoms with E-state index in [1.807, 2.05) is 11.3 Å². The minimum Gasteiger partial charge on any atom is -0.308 e. The summed E-state index contributed by atoms with van der Waals surface area (Å²) in [5.41, 5.74) is 0. The van der Waals surface area contributed by atoms with Crippen molar-refractivity contribution >= 4 is 27.3 Å². The van der Waals surface area contributed by atoms with Gasteiger partial charge in [-0.15, -0.1) is 23.7 Å². The molecule has 0 spiro atoms. The maximum atomic E-state index is 5.23. The second kappa shape index (κ2) is 5.55. The summed E-state index contributed by atoms with van der Waals surface area (Å²) in [5, 5.41) is 3.39. The third kappa shape index (κ3) is 3.45. The molecule has 1 aromatic rings. The highest BCUT2D eigenvalue weighted by atomic mass is 79.9. The molecule has 0 saturated heterocycles. The molecule has 0 amide bonds. The smallest absolute Gasteiger partial charge is 0.0314 e. The lowest BCUT2D eigenvalue weighted by Crippen LogP contribution is -2.24. The number of halogens is 1. The fourth-order valence-electron chi connectivity index (χ4n) is 1.13. The van der Waals surface area contributed by atoms with E-state index in [4.69, 9.17) is 6.42 Å². The number of rotatable bonds is 4. The van der Waals surface area contributed by atoms with E-state index in [0.717, 1.165) is 13.0 Å². The molecule has 1 aromatic heterocycles. The van der Waals surface area contributed by atoms with Crippen LogP contribution in [0, 0.1) is 19.3 Å². The molecule has 3 heteroatoms. The summed E-state index contributed by atoms with van der Waals surface area (Å²) in [6.07, 6.45) is 6.01. The van der Waals surface area contributed by atoms with Crippen LogP contribution in [0.15, 0.2) is 10.5 Å². The van der Waals surface area contributed by atoms with Crippen molar-refractivity contribution in [3.05, 3.63) is 20.3 Å². The van der Waals surface area contributed by atoms with Crippen molar-refractivity contribution in [3.63, 3.8) is 0 Å². The molecule has 1 unspecified atom stereocenters. The zero-order valence-electron chi connectivity index (χ0n) is 8.43. The molecule has 0 aliphatic rings. The Kier molecular flexibility index (Phi) is 4.67. The molecule has 0 aliphatic heterocycles. The molecule has 1 heterocycles. The third-order valence-corrected chi connectivity index (χ3v) is 4.09. The van der Waals surface area contributed by atoms with Crippen LogP contribution in [0.25, 0.3) is 0 Å². The van der Waals surface area contributed by atoms with Gasteiger partial charge in [-0.2, -0.15) is 0 Å². The molecule has 1 N–H and O–H groups in total. The molecule has 1 nitrogen and oxygen atoms in total. The topological polar surface area (TPSA) is 12.0 Å². The Balaban J connectivity index is 2.42. The lowest BCUT2D eigenvalue weighted by molar-refractivity contribution is 0.563. The average molecular weight is 272 g/mol. The fraction of sp³-hybridized carbons (Fsp3) is 0.455. The average Bonchev–Trinajstić information content (AvgIpc) is 2.44. The summed E-state index contributed by atoms with van der Waals surface area (Å²) in [7, 11) is 0. The van der Waals surface area contributed by atoms with Gasteiger partial charge in [0.2, 0.25) is 0 Å². The first-order valence-corrected chi connectivity index (χ1v) is 6.16. The van der Waals surface area contributed by atoms with Gasteiger partial charge in [0, 0.05) is 33.2 Å². The van der Waals surface area contributed by atoms with Crippen molar-refractivity contribution in [3.8, 4) is 12.3 Å². The molecule has 1 rings (SSSR count). The Morgan fingerprint density at radius 3 is 2.93 bits per heavy atom. The quantitative estimate of drug-likeness (QED) is 0.829. The summed E-state index contributed by atoms with van der Waals surface area (Å²) < 4.78 is 1.20. The van der Waals surface area contributed by atoms with Crippen molar-refractivity contribution in [1.29, 1.82) is 0 Å². The van der Waals surface area contributed by atoms with Gasteiger partial charge in [-0.05, 0) is 35.8 Å². The molecule has 14 heavy (non-hydrogen) atoms. The molecule has 1 atom stereocenters. The molecule has 0 radical (unpaired) electrons. The van der Waals surface area contributed by atoms with Crippen molar-refractivity contribution in [2.45, 2.75) is 32.9 Å². The summed E-state index contributed by atoms with van der Waals surface area (Å²) in [5.74, 6) is 2.65. The lowest BCUT2D eigenvalue weighted by Gasteiger charge is -2.08. The van der Waals surface area contributed by atoms with E-state index in [2.05, 4.69) is 47.1 Å². The monoisotopic (exact) mass is 271 g/mol. The summed E-state index contributed by atoms with van der Waals surface area (Å²) >= 11 is 5.32. The Morgan fingerprint density at radius 1 is 1.71 bits per heavy atom. The van der Waals surface area contributed by atoms with Crippen LogP contribution in [0.3, 0.4) is 0 Å². The van der Waals surface area contributed by atoms with E-state index in [1.165, 1.54) is 14.2 Å². The highest BCUT2D eigenvalue weighted by Crippen LogP contribution is 2.26. The maximum absolute atomic E-state index is 5.23. The summed E-state index contributed by atoms with van der Waals surface area (Å²) in [4.78, 5) is 2.67. The standard InChI is InChI=1S/C11H14BrNS/c1-4-5-8(2)13-7-10-6-11(12)9(3)14-10/h1,6,8,13H,5,7H2,2-3H3. The van der Waals surface area contributed by atoms with Crippen LogP contribution in [-0.4, -0.2) is 6.04 Å². The fourth-order valence-corrected chi connectivity index (χ4v) is 2.68. The maximum Gasteiger partial charge on any atom is 0.0314 e. The second-order valence-electron chi connectivity index (χ2n) is 3.31. The summed E-state index contributed by atoms with van der Waals surface area (Å²) in [6, 6.07) is 2.55. The molecule has 76 valence electrons. The predicted octanol–water partition coefficient (Wildman–Crippen LogP) is 3.32. The van der Waals surface area contributed by atoms with Gasteiger partial charge in [-0.3, -0.25) is 0 Å². The summed E-state index contributed by atoms with van der Waals surface area (Å²) in [6.45, 7) is 5.12. The number of aryl methyl sites for hydroxylation is 1. The van der Waals surface area contributed by atoms with E-state index in [9.17, 15) is 0 Å². The van der Waals surface area contributed by atoms with Crippen molar-refractivity contribution in [2.75, 3.05) is 0 Å². The molecule has 0 aliphatic carbocycles. The largest absolute Gasteiger partial charge is 0.308 e. The normalized spacial score (nSPS) is 12.4. The number of thiophene rings is 1. The molecule has 0 aromatic carbocycles. The van der Waals surface area contributed by atoms with E-state index in [1.54, 1.807) is 0 Å². The lowest BCUT2D eigenvalue weighted by atomic mass is 10.2. The number of hydrogen-bond acceptors (Lipinski definition) is 2. The van der Waals surface area contributed by atoms with Crippen molar-refractivity contribution < 1.29 is 0 Å². The van der Waals surface area contributed by atoms with Gasteiger partial charge in [0.25, 0.3) is 0 Å². The van der Waals surface area contributed by atoms with Gasteiger partial charge in [0.15, 0.2) is 0 Å². The van der Waals surface area contributed by atoms with E-state index in [0.29, 0.717) is 6.04 Å². The Morgan fingerprint density at radius 2 is 2.43 bits per heavy atom. The Hall–Kier alpha value is -0.300. The first kappa shape index (κ1) is 11.8. The highest BCUT2D eigenvalue weighted by molar-refractivity contribution is 9.10. The predicted molar refractivity (Wildman–Crippen MR) is 66.5 cm³/mol. The third-order valence-electron chi connectivity index (χ3n) is 1.96. The molecular weight excluding hydrogens is 258 g/mol. The van der Waals surface area contributed by atoms with Gasteiger partial charge >= 0.3 is 0 Å². The van der Waals surface area contributed by atoms with E-state index >= 15 is 0 Å². The zero-order chi connectivity index (χ0) is 10.6. The van der Waals surface area contributed by atoms with Crippen LogP contribution in [0.5, 0.6) is 0 Å². The molecule has 0 saturated carbocycles. The van der Waals surface area contributed by atoms with Crippen LogP contribution in [0.1, 0.15) is 23.1 Å². The number of hydrogen-bond donors (Lipinski definition) is 1. The van der Waals surface area contributed by atoms with Crippen LogP contribution >= 0.6 is 27.3 Å². The first-order valence-electron chi connectivity index (χ1n) is 4.55. The highest BCUT2D eigenvalue weighted by Gasteiger charge is 2.04. The molecule has 0 bridgehead atoms. The van der Waals surface area contributed by atoms with Crippen LogP contribution in [0.2, 0.25) is 0 Å². The van der Waals surface area contributed by atoms with Crippen LogP contribution in [0.4, 0.5) is 0 Å². The van der Waals surface area contributed by atoms with E-state index in [-0.39, 0.29) is 0 Å². The van der Waals surface area contributed by atoms with Crippen LogP contribution in [-0.2, 0) is 6.54 Å². The van der Waals surface area contributed by atoms with Gasteiger partial charge < -0.3 is 5.32 Å². The van der Waals surface area contributed by atoms with Crippen molar-refractivity contribution in [1.82, 2.24) is 5.32 Å². The van der Waals surface area contributed by atoms with E-state index < -0.39 is 0 Å². The Bertz CT molecular complexity index is 318. The first-order chi connectivity index (χ1) is 6.63. The minimum atomic E-state index is 0.390. The molecule has 0 fully saturated rings. The van der Waals surface area contributed by atoms with Gasteiger partial charge in [0.1, 0.15) is 0 Å². The minimum absolute atomic E-state index is 0.390. The number of terminal acetylenes is 1. The SMILES string of the molecule is C#CCC(C)NCc1cc(Br)c(C)s1. The zero-order valence-corrected chi connectivity index (χ0v) is 10.8. The Labute approximate surface area is 98.0 Å². The second-order valence-corrected chi connectivity index (χ2v) is 5.50. The van der Waals surface area contributed by atoms with Gasteiger partial charge in [0.05, 0.1) is 0 Å². The van der Waals surface area contributed by atoms with Crippen molar-refractivity contribution in [2.24, 2.45) is 0 Å². The van der Waals surface area contributed by atoms with Gasteiger partial charge in [-0.25, -0.2) is 0 Å². The van der Waals surface area contributed by atoms with Crippen LogP contribution < -0.4 is 5.32 Å². The number of nitrogens with one attached hydrogen (secondary N) is 1. The molecular formula is C11H14BrNS.